The van der Waals surface area contributed by atoms with Crippen LogP contribution >= 0.6 is 11.3 Å². The lowest BCUT2D eigenvalue weighted by Gasteiger charge is -2.00. The third-order valence-electron chi connectivity index (χ3n) is 1.96. The standard InChI is InChI=1S/C12H16OS/c1-2-3-4-6-11(13)8-9-12-7-5-10-14-12/h5,7,10-11,13H,2-4,6H2,1H3. The van der Waals surface area contributed by atoms with Crippen LogP contribution in [0.25, 0.3) is 0 Å². The van der Waals surface area contributed by atoms with E-state index in [1.807, 2.05) is 17.5 Å². The van der Waals surface area contributed by atoms with Gasteiger partial charge in [0.25, 0.3) is 0 Å². The van der Waals surface area contributed by atoms with E-state index in [4.69, 9.17) is 0 Å². The average Bonchev–Trinajstić information content (AvgIpc) is 2.68. The normalized spacial score (nSPS) is 11.9. The molecular weight excluding hydrogens is 192 g/mol. The Morgan fingerprint density at radius 2 is 2.36 bits per heavy atom. The highest BCUT2D eigenvalue weighted by atomic mass is 32.1. The second kappa shape index (κ2) is 6.64. The molecule has 0 spiro atoms. The van der Waals surface area contributed by atoms with E-state index in [0.717, 1.165) is 17.7 Å². The Bertz CT molecular complexity index is 292. The number of thiophene rings is 1. The molecule has 0 aliphatic heterocycles. The van der Waals surface area contributed by atoms with Crippen molar-refractivity contribution in [2.24, 2.45) is 0 Å². The van der Waals surface area contributed by atoms with Crippen molar-refractivity contribution in [2.45, 2.75) is 38.7 Å². The first-order valence-corrected chi connectivity index (χ1v) is 5.94. The van der Waals surface area contributed by atoms with Crippen molar-refractivity contribution in [3.05, 3.63) is 22.4 Å². The second-order valence-corrected chi connectivity index (χ2v) is 4.21. The maximum Gasteiger partial charge on any atom is 0.115 e. The minimum atomic E-state index is -0.455. The van der Waals surface area contributed by atoms with Crippen molar-refractivity contribution < 1.29 is 5.11 Å². The highest BCUT2D eigenvalue weighted by molar-refractivity contribution is 7.10. The summed E-state index contributed by atoms with van der Waals surface area (Å²) in [5.41, 5.74) is 0. The van der Waals surface area contributed by atoms with E-state index >= 15 is 0 Å². The van der Waals surface area contributed by atoms with E-state index < -0.39 is 6.10 Å². The van der Waals surface area contributed by atoms with Crippen LogP contribution in [0.15, 0.2) is 17.5 Å². The highest BCUT2D eigenvalue weighted by Gasteiger charge is 1.97. The van der Waals surface area contributed by atoms with Gasteiger partial charge >= 0.3 is 0 Å². The molecule has 0 saturated heterocycles. The topological polar surface area (TPSA) is 20.2 Å². The van der Waals surface area contributed by atoms with Crippen LogP contribution in [0, 0.1) is 11.8 Å². The van der Waals surface area contributed by atoms with Gasteiger partial charge in [0, 0.05) is 0 Å². The first-order valence-electron chi connectivity index (χ1n) is 5.06. The molecule has 0 amide bonds. The summed E-state index contributed by atoms with van der Waals surface area (Å²) in [6, 6.07) is 3.94. The molecule has 1 rings (SSSR count). The third-order valence-corrected chi connectivity index (χ3v) is 2.75. The first-order chi connectivity index (χ1) is 6.83. The summed E-state index contributed by atoms with van der Waals surface area (Å²) in [5, 5.41) is 11.5. The Kier molecular flexibility index (Phi) is 5.36. The monoisotopic (exact) mass is 208 g/mol. The summed E-state index contributed by atoms with van der Waals surface area (Å²) in [7, 11) is 0. The Balaban J connectivity index is 2.29. The first kappa shape index (κ1) is 11.3. The number of hydrogen-bond acceptors (Lipinski definition) is 2. The quantitative estimate of drug-likeness (QED) is 0.595. The molecule has 0 fully saturated rings. The van der Waals surface area contributed by atoms with Crippen LogP contribution in [0.5, 0.6) is 0 Å². The van der Waals surface area contributed by atoms with Crippen LogP contribution in [-0.2, 0) is 0 Å². The fraction of sp³-hybridized carbons (Fsp3) is 0.500. The molecule has 1 heterocycles. The van der Waals surface area contributed by atoms with Gasteiger partial charge in [0.05, 0.1) is 4.88 Å². The predicted octanol–water partition coefficient (Wildman–Crippen LogP) is 3.04. The van der Waals surface area contributed by atoms with Crippen molar-refractivity contribution >= 4 is 11.3 Å². The Labute approximate surface area is 89.8 Å². The predicted molar refractivity (Wildman–Crippen MR) is 61.3 cm³/mol. The van der Waals surface area contributed by atoms with Gasteiger partial charge < -0.3 is 5.11 Å². The van der Waals surface area contributed by atoms with Gasteiger partial charge in [-0.05, 0) is 24.3 Å². The van der Waals surface area contributed by atoms with Gasteiger partial charge in [-0.15, -0.1) is 11.3 Å². The van der Waals surface area contributed by atoms with Crippen LogP contribution in [-0.4, -0.2) is 11.2 Å². The van der Waals surface area contributed by atoms with E-state index in [1.165, 1.54) is 12.8 Å². The summed E-state index contributed by atoms with van der Waals surface area (Å²) in [5.74, 6) is 5.83. The van der Waals surface area contributed by atoms with Crippen LogP contribution in [0.4, 0.5) is 0 Å². The SMILES string of the molecule is CCCCCC(O)C#Cc1cccs1. The summed E-state index contributed by atoms with van der Waals surface area (Å²) < 4.78 is 0. The van der Waals surface area contributed by atoms with Gasteiger partial charge in [-0.2, -0.15) is 0 Å². The molecule has 0 radical (unpaired) electrons. The fourth-order valence-corrected chi connectivity index (χ4v) is 1.74. The highest BCUT2D eigenvalue weighted by Crippen LogP contribution is 2.07. The van der Waals surface area contributed by atoms with Gasteiger partial charge in [0.1, 0.15) is 6.10 Å². The van der Waals surface area contributed by atoms with Gasteiger partial charge in [-0.25, -0.2) is 0 Å². The van der Waals surface area contributed by atoms with Gasteiger partial charge in [0.2, 0.25) is 0 Å². The largest absolute Gasteiger partial charge is 0.380 e. The van der Waals surface area contributed by atoms with Crippen molar-refractivity contribution in [2.75, 3.05) is 0 Å². The molecule has 0 saturated carbocycles. The van der Waals surface area contributed by atoms with Crippen molar-refractivity contribution in [3.63, 3.8) is 0 Å². The fourth-order valence-electron chi connectivity index (χ4n) is 1.16. The molecular formula is C12H16OS. The molecule has 1 aromatic heterocycles. The van der Waals surface area contributed by atoms with E-state index in [1.54, 1.807) is 11.3 Å². The third kappa shape index (κ3) is 4.45. The molecule has 1 unspecified atom stereocenters. The minimum absolute atomic E-state index is 0.455. The Morgan fingerprint density at radius 1 is 1.50 bits per heavy atom. The molecule has 76 valence electrons. The number of hydrogen-bond donors (Lipinski definition) is 1. The van der Waals surface area contributed by atoms with E-state index in [-0.39, 0.29) is 0 Å². The van der Waals surface area contributed by atoms with Gasteiger partial charge in [-0.3, -0.25) is 0 Å². The Morgan fingerprint density at radius 3 is 3.00 bits per heavy atom. The molecule has 0 bridgehead atoms. The minimum Gasteiger partial charge on any atom is -0.380 e. The maximum absolute atomic E-state index is 9.51. The summed E-state index contributed by atoms with van der Waals surface area (Å²) in [6.07, 6.45) is 3.77. The maximum atomic E-state index is 9.51. The van der Waals surface area contributed by atoms with Crippen molar-refractivity contribution in [1.82, 2.24) is 0 Å². The lowest BCUT2D eigenvalue weighted by molar-refractivity contribution is 0.217. The zero-order valence-electron chi connectivity index (χ0n) is 8.49. The molecule has 0 aliphatic carbocycles. The number of rotatable bonds is 4. The summed E-state index contributed by atoms with van der Waals surface area (Å²) >= 11 is 1.61. The number of aliphatic hydroxyl groups excluding tert-OH is 1. The zero-order valence-corrected chi connectivity index (χ0v) is 9.31. The van der Waals surface area contributed by atoms with Crippen molar-refractivity contribution in [3.8, 4) is 11.8 Å². The molecule has 0 aromatic carbocycles. The van der Waals surface area contributed by atoms with Crippen molar-refractivity contribution in [1.29, 1.82) is 0 Å². The molecule has 14 heavy (non-hydrogen) atoms. The van der Waals surface area contributed by atoms with Gasteiger partial charge in [-0.1, -0.05) is 37.7 Å². The average molecular weight is 208 g/mol. The van der Waals surface area contributed by atoms with Crippen LogP contribution in [0.2, 0.25) is 0 Å². The van der Waals surface area contributed by atoms with E-state index in [0.29, 0.717) is 0 Å². The molecule has 1 atom stereocenters. The zero-order chi connectivity index (χ0) is 10.2. The molecule has 0 aliphatic rings. The molecule has 1 N–H and O–H groups in total. The Hall–Kier alpha value is -0.780. The second-order valence-electron chi connectivity index (χ2n) is 3.26. The van der Waals surface area contributed by atoms with Crippen LogP contribution < -0.4 is 0 Å². The van der Waals surface area contributed by atoms with E-state index in [2.05, 4.69) is 18.8 Å². The lowest BCUT2D eigenvalue weighted by Crippen LogP contribution is -2.01. The molecule has 1 nitrogen and oxygen atoms in total. The smallest absolute Gasteiger partial charge is 0.115 e. The summed E-state index contributed by atoms with van der Waals surface area (Å²) in [6.45, 7) is 2.16. The lowest BCUT2D eigenvalue weighted by atomic mass is 10.1. The van der Waals surface area contributed by atoms with E-state index in [9.17, 15) is 5.11 Å². The molecule has 1 aromatic rings. The van der Waals surface area contributed by atoms with Gasteiger partial charge in [0.15, 0.2) is 0 Å². The number of aliphatic hydroxyl groups is 1. The van der Waals surface area contributed by atoms with Crippen LogP contribution in [0.1, 0.15) is 37.5 Å². The van der Waals surface area contributed by atoms with Crippen LogP contribution in [0.3, 0.4) is 0 Å². The summed E-state index contributed by atoms with van der Waals surface area (Å²) in [4.78, 5) is 1.03. The molecule has 2 heteroatoms. The number of unbranched alkanes of at least 4 members (excludes halogenated alkanes) is 2.